The fourth-order valence-electron chi connectivity index (χ4n) is 1.55. The normalized spacial score (nSPS) is 11.6. The lowest BCUT2D eigenvalue weighted by Crippen LogP contribution is -2.24. The van der Waals surface area contributed by atoms with Crippen molar-refractivity contribution in [3.8, 4) is 0 Å². The van der Waals surface area contributed by atoms with Crippen molar-refractivity contribution in [1.82, 2.24) is 20.2 Å². The maximum atomic E-state index is 11.5. The second kappa shape index (κ2) is 5.66. The van der Waals surface area contributed by atoms with Crippen molar-refractivity contribution < 1.29 is 13.9 Å². The third-order valence-electron chi connectivity index (χ3n) is 2.55. The summed E-state index contributed by atoms with van der Waals surface area (Å²) in [6.45, 7) is 6.06. The molecule has 0 saturated heterocycles. The number of tetrazole rings is 1. The molecule has 0 aliphatic carbocycles. The highest BCUT2D eigenvalue weighted by molar-refractivity contribution is 7.98. The maximum absolute atomic E-state index is 11.5. The summed E-state index contributed by atoms with van der Waals surface area (Å²) in [7, 11) is 1.32. The van der Waals surface area contributed by atoms with E-state index in [-0.39, 0.29) is 11.3 Å². The van der Waals surface area contributed by atoms with Crippen LogP contribution >= 0.6 is 11.8 Å². The quantitative estimate of drug-likeness (QED) is 0.631. The summed E-state index contributed by atoms with van der Waals surface area (Å²) < 4.78 is 11.5. The van der Waals surface area contributed by atoms with Gasteiger partial charge in [-0.25, -0.2) is 9.48 Å². The number of thioether (sulfide) groups is 1. The first-order valence-corrected chi connectivity index (χ1v) is 6.98. The van der Waals surface area contributed by atoms with Crippen LogP contribution in [0.4, 0.5) is 0 Å². The van der Waals surface area contributed by atoms with Gasteiger partial charge in [-0.05, 0) is 37.3 Å². The first kappa shape index (κ1) is 14.6. The van der Waals surface area contributed by atoms with Crippen LogP contribution in [-0.2, 0) is 16.0 Å². The van der Waals surface area contributed by atoms with E-state index in [9.17, 15) is 4.79 Å². The van der Waals surface area contributed by atoms with E-state index in [4.69, 9.17) is 4.42 Å². The predicted molar refractivity (Wildman–Crippen MR) is 72.4 cm³/mol. The van der Waals surface area contributed by atoms with Crippen LogP contribution in [0, 0.1) is 0 Å². The average Bonchev–Trinajstić information content (AvgIpc) is 3.03. The van der Waals surface area contributed by atoms with Gasteiger partial charge >= 0.3 is 5.97 Å². The SMILES string of the molecule is COC(=O)c1occc1CSc1nnnn1C(C)(C)C. The highest BCUT2D eigenvalue weighted by atomic mass is 32.2. The Morgan fingerprint density at radius 1 is 1.50 bits per heavy atom. The van der Waals surface area contributed by atoms with Crippen molar-refractivity contribution in [2.24, 2.45) is 0 Å². The minimum atomic E-state index is -0.485. The summed E-state index contributed by atoms with van der Waals surface area (Å²) in [4.78, 5) is 11.5. The van der Waals surface area contributed by atoms with Gasteiger partial charge in [-0.3, -0.25) is 0 Å². The molecule has 20 heavy (non-hydrogen) atoms. The van der Waals surface area contributed by atoms with Crippen molar-refractivity contribution >= 4 is 17.7 Å². The second-order valence-electron chi connectivity index (χ2n) is 5.10. The summed E-state index contributed by atoms with van der Waals surface area (Å²) in [6.07, 6.45) is 1.47. The molecule has 0 aromatic carbocycles. The van der Waals surface area contributed by atoms with Crippen molar-refractivity contribution in [1.29, 1.82) is 0 Å². The van der Waals surface area contributed by atoms with E-state index in [0.717, 1.165) is 5.56 Å². The Bertz CT molecular complexity index is 600. The molecule has 2 rings (SSSR count). The molecular formula is C12H16N4O3S. The van der Waals surface area contributed by atoms with Crippen molar-refractivity contribution in [2.75, 3.05) is 7.11 Å². The molecule has 2 heterocycles. The lowest BCUT2D eigenvalue weighted by atomic mass is 10.1. The highest BCUT2D eigenvalue weighted by Crippen LogP contribution is 2.26. The summed E-state index contributed by atoms with van der Waals surface area (Å²) in [5.41, 5.74) is 0.554. The number of nitrogens with zero attached hydrogens (tertiary/aromatic N) is 4. The van der Waals surface area contributed by atoms with E-state index in [0.29, 0.717) is 10.9 Å². The highest BCUT2D eigenvalue weighted by Gasteiger charge is 2.21. The zero-order valence-corrected chi connectivity index (χ0v) is 12.6. The Labute approximate surface area is 120 Å². The summed E-state index contributed by atoms with van der Waals surface area (Å²) in [5.74, 6) is 0.257. The number of ether oxygens (including phenoxy) is 1. The lowest BCUT2D eigenvalue weighted by molar-refractivity contribution is 0.0564. The molecule has 2 aromatic heterocycles. The number of methoxy groups -OCH3 is 1. The van der Waals surface area contributed by atoms with Crippen LogP contribution in [0.1, 0.15) is 36.9 Å². The van der Waals surface area contributed by atoms with Gasteiger partial charge in [0.15, 0.2) is 0 Å². The fraction of sp³-hybridized carbons (Fsp3) is 0.500. The van der Waals surface area contributed by atoms with Gasteiger partial charge in [0.2, 0.25) is 10.9 Å². The number of rotatable bonds is 4. The van der Waals surface area contributed by atoms with E-state index in [1.54, 1.807) is 10.7 Å². The number of carbonyl (C=O) groups excluding carboxylic acids is 1. The number of aromatic nitrogens is 4. The zero-order valence-electron chi connectivity index (χ0n) is 11.8. The Morgan fingerprint density at radius 2 is 2.25 bits per heavy atom. The van der Waals surface area contributed by atoms with Crippen molar-refractivity contribution in [3.63, 3.8) is 0 Å². The molecule has 0 atom stereocenters. The van der Waals surface area contributed by atoms with E-state index in [2.05, 4.69) is 20.3 Å². The first-order valence-electron chi connectivity index (χ1n) is 6.00. The Balaban J connectivity index is 2.12. The van der Waals surface area contributed by atoms with Crippen LogP contribution in [0.3, 0.4) is 0 Å². The molecule has 0 aliphatic heterocycles. The summed E-state index contributed by atoms with van der Waals surface area (Å²) >= 11 is 1.44. The number of hydrogen-bond acceptors (Lipinski definition) is 7. The minimum absolute atomic E-state index is 0.201. The third-order valence-corrected chi connectivity index (χ3v) is 3.52. The summed E-state index contributed by atoms with van der Waals surface area (Å²) in [6, 6.07) is 1.74. The molecule has 0 amide bonds. The van der Waals surface area contributed by atoms with Crippen LogP contribution in [0.5, 0.6) is 0 Å². The van der Waals surface area contributed by atoms with E-state index in [1.165, 1.54) is 25.1 Å². The second-order valence-corrected chi connectivity index (χ2v) is 6.04. The molecular weight excluding hydrogens is 280 g/mol. The van der Waals surface area contributed by atoms with E-state index in [1.807, 2.05) is 20.8 Å². The third kappa shape index (κ3) is 3.01. The van der Waals surface area contributed by atoms with Gasteiger partial charge in [-0.1, -0.05) is 11.8 Å². The smallest absolute Gasteiger partial charge is 0.374 e. The van der Waals surface area contributed by atoms with Gasteiger partial charge in [0.05, 0.1) is 18.9 Å². The van der Waals surface area contributed by atoms with Crippen LogP contribution in [0.2, 0.25) is 0 Å². The van der Waals surface area contributed by atoms with Crippen LogP contribution in [0.15, 0.2) is 21.9 Å². The van der Waals surface area contributed by atoms with Crippen molar-refractivity contribution in [2.45, 2.75) is 37.2 Å². The van der Waals surface area contributed by atoms with Gasteiger partial charge in [0.25, 0.3) is 0 Å². The fourth-order valence-corrected chi connectivity index (χ4v) is 2.59. The molecule has 8 heteroatoms. The largest absolute Gasteiger partial charge is 0.463 e. The molecule has 2 aromatic rings. The monoisotopic (exact) mass is 296 g/mol. The Kier molecular flexibility index (Phi) is 4.12. The molecule has 0 N–H and O–H groups in total. The molecule has 0 bridgehead atoms. The predicted octanol–water partition coefficient (Wildman–Crippen LogP) is 2.10. The standard InChI is InChI=1S/C12H16N4O3S/c1-12(2,3)16-11(13-14-15-16)20-7-8-5-6-19-9(8)10(17)18-4/h5-6H,7H2,1-4H3. The molecule has 0 aliphatic rings. The Hall–Kier alpha value is -1.83. The molecule has 108 valence electrons. The molecule has 7 nitrogen and oxygen atoms in total. The topological polar surface area (TPSA) is 83.0 Å². The number of furan rings is 1. The van der Waals surface area contributed by atoms with Gasteiger partial charge in [-0.2, -0.15) is 0 Å². The van der Waals surface area contributed by atoms with Crippen LogP contribution in [0.25, 0.3) is 0 Å². The minimum Gasteiger partial charge on any atom is -0.463 e. The molecule has 0 radical (unpaired) electrons. The first-order chi connectivity index (χ1) is 9.43. The molecule has 0 saturated carbocycles. The van der Waals surface area contributed by atoms with Gasteiger partial charge in [0, 0.05) is 11.3 Å². The van der Waals surface area contributed by atoms with E-state index >= 15 is 0 Å². The molecule has 0 unspecified atom stereocenters. The Morgan fingerprint density at radius 3 is 2.90 bits per heavy atom. The van der Waals surface area contributed by atoms with Crippen molar-refractivity contribution in [3.05, 3.63) is 23.7 Å². The van der Waals surface area contributed by atoms with Gasteiger partial charge in [0.1, 0.15) is 0 Å². The number of hydrogen-bond donors (Lipinski definition) is 0. The maximum Gasteiger partial charge on any atom is 0.374 e. The molecule has 0 spiro atoms. The van der Waals surface area contributed by atoms with Crippen LogP contribution in [-0.4, -0.2) is 33.3 Å². The van der Waals surface area contributed by atoms with Crippen LogP contribution < -0.4 is 0 Å². The zero-order chi connectivity index (χ0) is 14.8. The molecule has 0 fully saturated rings. The van der Waals surface area contributed by atoms with Gasteiger partial charge < -0.3 is 9.15 Å². The van der Waals surface area contributed by atoms with E-state index < -0.39 is 5.97 Å². The lowest BCUT2D eigenvalue weighted by Gasteiger charge is -2.19. The average molecular weight is 296 g/mol. The van der Waals surface area contributed by atoms with Gasteiger partial charge in [-0.15, -0.1) is 5.10 Å². The number of esters is 1. The number of carbonyl (C=O) groups is 1. The summed E-state index contributed by atoms with van der Waals surface area (Å²) in [5, 5.41) is 12.4.